The molecule has 1 aromatic rings. The van der Waals surface area contributed by atoms with Crippen LogP contribution < -0.4 is 5.32 Å². The number of benzene rings is 1. The van der Waals surface area contributed by atoms with Crippen molar-refractivity contribution in [2.75, 3.05) is 40.3 Å². The van der Waals surface area contributed by atoms with Crippen LogP contribution in [0.2, 0.25) is 0 Å². The van der Waals surface area contributed by atoms with E-state index in [1.807, 2.05) is 0 Å². The largest absolute Gasteiger partial charge is 0.312 e. The highest BCUT2D eigenvalue weighted by Crippen LogP contribution is 2.21. The predicted molar refractivity (Wildman–Crippen MR) is 76.7 cm³/mol. The number of hydrogen-bond acceptors (Lipinski definition) is 3. The summed E-state index contributed by atoms with van der Waals surface area (Å²) in [6.45, 7) is 5.78. The zero-order chi connectivity index (χ0) is 14.7. The summed E-state index contributed by atoms with van der Waals surface area (Å²) in [5.74, 6) is -1.52. The number of piperazine rings is 1. The molecule has 1 heterocycles. The zero-order valence-corrected chi connectivity index (χ0v) is 12.4. The molecule has 1 aromatic carbocycles. The minimum Gasteiger partial charge on any atom is -0.312 e. The molecule has 0 spiro atoms. The first-order chi connectivity index (χ1) is 9.52. The smallest absolute Gasteiger partial charge is 0.163 e. The maximum atomic E-state index is 13.9. The van der Waals surface area contributed by atoms with Gasteiger partial charge < -0.3 is 10.2 Å². The Balaban J connectivity index is 2.07. The Morgan fingerprint density at radius 1 is 1.35 bits per heavy atom. The van der Waals surface area contributed by atoms with Gasteiger partial charge in [-0.1, -0.05) is 12.1 Å². The summed E-state index contributed by atoms with van der Waals surface area (Å²) < 4.78 is 27.2. The van der Waals surface area contributed by atoms with E-state index < -0.39 is 11.6 Å². The lowest BCUT2D eigenvalue weighted by atomic mass is 10.0. The third-order valence-corrected chi connectivity index (χ3v) is 4.19. The van der Waals surface area contributed by atoms with Gasteiger partial charge in [0, 0.05) is 43.8 Å². The van der Waals surface area contributed by atoms with E-state index in [0.717, 1.165) is 25.7 Å². The van der Waals surface area contributed by atoms with Crippen LogP contribution in [-0.2, 0) is 0 Å². The van der Waals surface area contributed by atoms with E-state index in [0.29, 0.717) is 18.2 Å². The van der Waals surface area contributed by atoms with Crippen LogP contribution in [0.4, 0.5) is 8.78 Å². The second kappa shape index (κ2) is 6.61. The van der Waals surface area contributed by atoms with Crippen molar-refractivity contribution in [1.82, 2.24) is 15.1 Å². The van der Waals surface area contributed by atoms with Gasteiger partial charge in [0.05, 0.1) is 0 Å². The fraction of sp³-hybridized carbons (Fsp3) is 0.600. The van der Waals surface area contributed by atoms with Crippen LogP contribution in [-0.4, -0.2) is 56.1 Å². The van der Waals surface area contributed by atoms with E-state index in [4.69, 9.17) is 0 Å². The Kier molecular flexibility index (Phi) is 5.07. The normalized spacial score (nSPS) is 22.9. The molecule has 0 bridgehead atoms. The van der Waals surface area contributed by atoms with Crippen LogP contribution in [0, 0.1) is 11.6 Å². The first-order valence-electron chi connectivity index (χ1n) is 7.06. The summed E-state index contributed by atoms with van der Waals surface area (Å²) in [5.41, 5.74) is 0.402. The van der Waals surface area contributed by atoms with E-state index in [2.05, 4.69) is 29.1 Å². The molecular formula is C15H23F2N3. The third-order valence-electron chi connectivity index (χ3n) is 4.19. The summed E-state index contributed by atoms with van der Waals surface area (Å²) >= 11 is 0. The van der Waals surface area contributed by atoms with Gasteiger partial charge in [-0.25, -0.2) is 8.78 Å². The van der Waals surface area contributed by atoms with E-state index in [9.17, 15) is 8.78 Å². The van der Waals surface area contributed by atoms with E-state index in [1.54, 1.807) is 19.2 Å². The molecule has 0 aliphatic carbocycles. The van der Waals surface area contributed by atoms with E-state index in [-0.39, 0.29) is 6.04 Å². The molecule has 0 amide bonds. The fourth-order valence-corrected chi connectivity index (χ4v) is 2.68. The van der Waals surface area contributed by atoms with Crippen molar-refractivity contribution in [3.05, 3.63) is 35.4 Å². The second-order valence-corrected chi connectivity index (χ2v) is 5.57. The van der Waals surface area contributed by atoms with Crippen LogP contribution >= 0.6 is 0 Å². The highest BCUT2D eigenvalue weighted by molar-refractivity contribution is 5.23. The van der Waals surface area contributed by atoms with Crippen LogP contribution in [0.5, 0.6) is 0 Å². The molecule has 1 fully saturated rings. The number of nitrogens with zero attached hydrogens (tertiary/aromatic N) is 2. The van der Waals surface area contributed by atoms with Gasteiger partial charge in [-0.3, -0.25) is 4.90 Å². The van der Waals surface area contributed by atoms with Crippen molar-refractivity contribution in [3.8, 4) is 0 Å². The first kappa shape index (κ1) is 15.4. The Bertz CT molecular complexity index is 453. The average molecular weight is 283 g/mol. The van der Waals surface area contributed by atoms with Gasteiger partial charge in [-0.2, -0.15) is 0 Å². The van der Waals surface area contributed by atoms with Crippen molar-refractivity contribution in [2.45, 2.75) is 19.0 Å². The third kappa shape index (κ3) is 3.34. The SMILES string of the molecule is CNC(CN1CCN(C)C(C)C1)c1cccc(F)c1F. The van der Waals surface area contributed by atoms with Gasteiger partial charge in [0.25, 0.3) is 0 Å². The molecule has 0 saturated carbocycles. The molecule has 2 unspecified atom stereocenters. The van der Waals surface area contributed by atoms with Crippen molar-refractivity contribution in [1.29, 1.82) is 0 Å². The highest BCUT2D eigenvalue weighted by atomic mass is 19.2. The zero-order valence-electron chi connectivity index (χ0n) is 12.4. The fourth-order valence-electron chi connectivity index (χ4n) is 2.68. The lowest BCUT2D eigenvalue weighted by Gasteiger charge is -2.39. The molecular weight excluding hydrogens is 260 g/mol. The Morgan fingerprint density at radius 2 is 2.10 bits per heavy atom. The highest BCUT2D eigenvalue weighted by Gasteiger charge is 2.24. The van der Waals surface area contributed by atoms with Crippen LogP contribution in [0.1, 0.15) is 18.5 Å². The summed E-state index contributed by atoms with van der Waals surface area (Å²) in [4.78, 5) is 4.61. The van der Waals surface area contributed by atoms with Crippen molar-refractivity contribution < 1.29 is 8.78 Å². The van der Waals surface area contributed by atoms with Crippen LogP contribution in [0.15, 0.2) is 18.2 Å². The summed E-state index contributed by atoms with van der Waals surface area (Å²) in [6, 6.07) is 4.66. The molecule has 5 heteroatoms. The number of likely N-dealkylation sites (N-methyl/N-ethyl adjacent to an activating group) is 2. The van der Waals surface area contributed by atoms with E-state index >= 15 is 0 Å². The molecule has 1 saturated heterocycles. The summed E-state index contributed by atoms with van der Waals surface area (Å²) in [6.07, 6.45) is 0. The molecule has 1 aliphatic heterocycles. The van der Waals surface area contributed by atoms with Gasteiger partial charge in [0.1, 0.15) is 0 Å². The van der Waals surface area contributed by atoms with Gasteiger partial charge >= 0.3 is 0 Å². The van der Waals surface area contributed by atoms with Gasteiger partial charge in [-0.05, 0) is 27.1 Å². The maximum absolute atomic E-state index is 13.9. The van der Waals surface area contributed by atoms with Crippen molar-refractivity contribution in [2.24, 2.45) is 0 Å². The second-order valence-electron chi connectivity index (χ2n) is 5.57. The number of rotatable bonds is 4. The van der Waals surface area contributed by atoms with Crippen LogP contribution in [0.25, 0.3) is 0 Å². The monoisotopic (exact) mass is 283 g/mol. The topological polar surface area (TPSA) is 18.5 Å². The lowest BCUT2D eigenvalue weighted by Crippen LogP contribution is -2.51. The Labute approximate surface area is 119 Å². The minimum atomic E-state index is -0.783. The number of nitrogens with one attached hydrogen (secondary N) is 1. The van der Waals surface area contributed by atoms with Crippen molar-refractivity contribution >= 4 is 0 Å². The molecule has 0 radical (unpaired) electrons. The van der Waals surface area contributed by atoms with Gasteiger partial charge in [0.2, 0.25) is 0 Å². The molecule has 3 nitrogen and oxygen atoms in total. The molecule has 20 heavy (non-hydrogen) atoms. The molecule has 2 atom stereocenters. The summed E-state index contributed by atoms with van der Waals surface area (Å²) in [7, 11) is 3.90. The Hall–Kier alpha value is -1.04. The van der Waals surface area contributed by atoms with Gasteiger partial charge in [0.15, 0.2) is 11.6 Å². The molecule has 1 N–H and O–H groups in total. The molecule has 0 aromatic heterocycles. The molecule has 112 valence electrons. The Morgan fingerprint density at radius 3 is 2.75 bits per heavy atom. The van der Waals surface area contributed by atoms with Gasteiger partial charge in [-0.15, -0.1) is 0 Å². The average Bonchev–Trinajstić information content (AvgIpc) is 2.43. The lowest BCUT2D eigenvalue weighted by molar-refractivity contribution is 0.0973. The molecule has 1 aliphatic rings. The van der Waals surface area contributed by atoms with Crippen LogP contribution in [0.3, 0.4) is 0 Å². The summed E-state index contributed by atoms with van der Waals surface area (Å²) in [5, 5.41) is 3.10. The maximum Gasteiger partial charge on any atom is 0.163 e. The quantitative estimate of drug-likeness (QED) is 0.910. The molecule has 2 rings (SSSR count). The van der Waals surface area contributed by atoms with E-state index in [1.165, 1.54) is 0 Å². The number of halogens is 2. The predicted octanol–water partition coefficient (Wildman–Crippen LogP) is 1.86. The standard InChI is InChI=1S/C15H23F2N3/c1-11-9-20(8-7-19(11)3)10-14(18-2)12-5-4-6-13(16)15(12)17/h4-6,11,14,18H,7-10H2,1-3H3. The number of hydrogen-bond donors (Lipinski definition) is 1. The first-order valence-corrected chi connectivity index (χ1v) is 7.06. The van der Waals surface area contributed by atoms with Crippen molar-refractivity contribution in [3.63, 3.8) is 0 Å². The minimum absolute atomic E-state index is 0.193.